The first kappa shape index (κ1) is 22.6. The highest BCUT2D eigenvalue weighted by Crippen LogP contribution is 2.30. The van der Waals surface area contributed by atoms with Crippen LogP contribution in [-0.2, 0) is 22.6 Å². The van der Waals surface area contributed by atoms with Crippen molar-refractivity contribution >= 4 is 11.9 Å². The lowest BCUT2D eigenvalue weighted by atomic mass is 9.80. The van der Waals surface area contributed by atoms with Crippen LogP contribution in [0, 0.1) is 5.41 Å². The van der Waals surface area contributed by atoms with Crippen molar-refractivity contribution in [2.45, 2.75) is 26.3 Å². The van der Waals surface area contributed by atoms with Crippen molar-refractivity contribution < 1.29 is 24.5 Å². The lowest BCUT2D eigenvalue weighted by molar-refractivity contribution is -0.744. The van der Waals surface area contributed by atoms with Gasteiger partial charge in [0.15, 0.2) is 5.21 Å². The van der Waals surface area contributed by atoms with Crippen molar-refractivity contribution in [2.24, 2.45) is 5.41 Å². The van der Waals surface area contributed by atoms with Gasteiger partial charge in [-0.3, -0.25) is 0 Å². The van der Waals surface area contributed by atoms with Gasteiger partial charge in [-0.25, -0.2) is 4.79 Å². The molecule has 0 aliphatic heterocycles. The van der Waals surface area contributed by atoms with Gasteiger partial charge in [0.05, 0.1) is 18.1 Å². The van der Waals surface area contributed by atoms with Crippen molar-refractivity contribution in [3.05, 3.63) is 90.0 Å². The number of carbonyl (C=O) groups excluding carboxylic acids is 1. The first-order chi connectivity index (χ1) is 15.4. The topological polar surface area (TPSA) is 123 Å². The minimum atomic E-state index is -1.25. The molecule has 1 aliphatic rings. The van der Waals surface area contributed by atoms with Crippen LogP contribution in [0.4, 0.5) is 0 Å². The van der Waals surface area contributed by atoms with Crippen LogP contribution in [0.25, 0.3) is 11.4 Å². The minimum Gasteiger partial charge on any atom is -0.549 e. The Hall–Kier alpha value is -4.07. The number of tetrazole rings is 1. The van der Waals surface area contributed by atoms with Crippen molar-refractivity contribution in [3.8, 4) is 11.4 Å². The van der Waals surface area contributed by atoms with E-state index in [4.69, 9.17) is 5.11 Å². The van der Waals surface area contributed by atoms with Crippen LogP contribution in [0.2, 0.25) is 0 Å². The molecule has 164 valence electrons. The standard InChI is InChI=1S/C15H14N4.C9H10O4/c1-3-7-13(8-4-1)11-12-19-15(16-17-18-19)14-9-5-2-6-10-14;1-9(8(12)13)4-2-3-6(5-9)7(10)11/h1-10H,11-12H2;2-4H,5H2,1H3,(H,10,11)(H,12,13). The van der Waals surface area contributed by atoms with Gasteiger partial charge in [0.2, 0.25) is 0 Å². The maximum absolute atomic E-state index is 10.7. The monoisotopic (exact) mass is 432 g/mol. The van der Waals surface area contributed by atoms with E-state index in [9.17, 15) is 14.7 Å². The van der Waals surface area contributed by atoms with Crippen molar-refractivity contribution in [3.63, 3.8) is 0 Å². The van der Waals surface area contributed by atoms with Crippen molar-refractivity contribution in [1.29, 1.82) is 0 Å². The highest BCUT2D eigenvalue weighted by Gasteiger charge is 2.28. The quantitative estimate of drug-likeness (QED) is 0.572. The largest absolute Gasteiger partial charge is 0.549 e. The Kier molecular flexibility index (Phi) is 7.28. The molecule has 0 saturated carbocycles. The predicted molar refractivity (Wildman–Crippen MR) is 115 cm³/mol. The third-order valence-corrected chi connectivity index (χ3v) is 5.12. The molecule has 0 saturated heterocycles. The summed E-state index contributed by atoms with van der Waals surface area (Å²) >= 11 is 0. The number of carbonyl (C=O) groups is 2. The summed E-state index contributed by atoms with van der Waals surface area (Å²) in [5.41, 5.74) is 1.28. The van der Waals surface area contributed by atoms with Gasteiger partial charge in [0.1, 0.15) is 5.10 Å². The number of rotatable bonds is 6. The van der Waals surface area contributed by atoms with Gasteiger partial charge in [-0.1, -0.05) is 78.9 Å². The minimum absolute atomic E-state index is 0.0266. The molecule has 1 aliphatic carbocycles. The maximum Gasteiger partial charge on any atom is 0.331 e. The normalized spacial score (nSPS) is 17.1. The van der Waals surface area contributed by atoms with E-state index in [0.717, 1.165) is 24.4 Å². The number of aryl methyl sites for hydroxylation is 2. The Morgan fingerprint density at radius 1 is 1.12 bits per heavy atom. The average Bonchev–Trinajstić information content (AvgIpc) is 3.28. The van der Waals surface area contributed by atoms with Crippen LogP contribution >= 0.6 is 0 Å². The van der Waals surface area contributed by atoms with Gasteiger partial charge >= 0.3 is 11.8 Å². The van der Waals surface area contributed by atoms with Gasteiger partial charge < -0.3 is 15.0 Å². The van der Waals surface area contributed by atoms with Crippen molar-refractivity contribution in [2.75, 3.05) is 0 Å². The summed E-state index contributed by atoms with van der Waals surface area (Å²) < 4.78 is 1.97. The van der Waals surface area contributed by atoms with Crippen LogP contribution < -0.4 is 9.79 Å². The summed E-state index contributed by atoms with van der Waals surface area (Å²) in [6.07, 6.45) is 5.20. The zero-order valence-corrected chi connectivity index (χ0v) is 17.6. The summed E-state index contributed by atoms with van der Waals surface area (Å²) in [5.74, 6) is -1.47. The molecule has 0 fully saturated rings. The van der Waals surface area contributed by atoms with E-state index in [1.165, 1.54) is 30.7 Å². The third-order valence-electron chi connectivity index (χ3n) is 5.12. The molecule has 8 heteroatoms. The second-order valence-corrected chi connectivity index (χ2v) is 7.61. The third kappa shape index (κ3) is 5.75. The van der Waals surface area contributed by atoms with Gasteiger partial charge in [0.25, 0.3) is 0 Å². The summed E-state index contributed by atoms with van der Waals surface area (Å²) in [6.45, 7) is 2.27. The molecule has 0 radical (unpaired) electrons. The highest BCUT2D eigenvalue weighted by atomic mass is 16.4. The zero-order chi connectivity index (χ0) is 23.0. The second kappa shape index (κ2) is 10.3. The number of benzene rings is 2. The second-order valence-electron chi connectivity index (χ2n) is 7.61. The SMILES string of the molecule is CC1(C(=O)[O-])C=CC=C(C(=O)O)C1.c1ccc(CC[n+]2[nH]nnc2-c2ccccc2)cc1. The lowest BCUT2D eigenvalue weighted by Crippen LogP contribution is -2.40. The highest BCUT2D eigenvalue weighted by molar-refractivity contribution is 5.89. The molecule has 1 aromatic heterocycles. The van der Waals surface area contributed by atoms with Crippen LogP contribution in [0.1, 0.15) is 18.9 Å². The molecule has 0 spiro atoms. The molecule has 1 unspecified atom stereocenters. The van der Waals surface area contributed by atoms with E-state index in [1.54, 1.807) is 0 Å². The van der Waals surface area contributed by atoms with E-state index < -0.39 is 17.4 Å². The number of nitrogens with zero attached hydrogens (tertiary/aromatic N) is 3. The number of hydrogen-bond acceptors (Lipinski definition) is 5. The molecule has 2 aromatic carbocycles. The Balaban J connectivity index is 0.000000195. The molecule has 32 heavy (non-hydrogen) atoms. The summed E-state index contributed by atoms with van der Waals surface area (Å²) in [6, 6.07) is 20.5. The number of aromatic nitrogens is 4. The number of carboxylic acid groups (broad SMARTS) is 2. The smallest absolute Gasteiger partial charge is 0.331 e. The number of aliphatic carboxylic acids is 2. The summed E-state index contributed by atoms with van der Waals surface area (Å²) in [5, 5.41) is 30.3. The number of nitrogens with one attached hydrogen (secondary N) is 1. The Bertz CT molecular complexity index is 1120. The molecule has 3 aromatic rings. The van der Waals surface area contributed by atoms with Gasteiger partial charge in [-0.15, -0.1) is 0 Å². The molecule has 4 rings (SSSR count). The molecule has 1 heterocycles. The fraction of sp³-hybridized carbons (Fsp3) is 0.208. The number of carboxylic acids is 2. The number of H-pyrrole nitrogens is 1. The van der Waals surface area contributed by atoms with Gasteiger partial charge in [-0.05, 0) is 24.1 Å². The number of allylic oxidation sites excluding steroid dienone is 2. The molecular formula is C24H24N4O4. The molecular weight excluding hydrogens is 408 g/mol. The fourth-order valence-electron chi connectivity index (χ4n) is 3.24. The maximum atomic E-state index is 10.7. The van der Waals surface area contributed by atoms with E-state index >= 15 is 0 Å². The Morgan fingerprint density at radius 2 is 1.78 bits per heavy atom. The fourth-order valence-corrected chi connectivity index (χ4v) is 3.24. The summed E-state index contributed by atoms with van der Waals surface area (Å²) in [7, 11) is 0. The van der Waals surface area contributed by atoms with Crippen LogP contribution in [0.15, 0.2) is 84.5 Å². The van der Waals surface area contributed by atoms with Crippen LogP contribution in [-0.4, -0.2) is 32.6 Å². The lowest BCUT2D eigenvalue weighted by Gasteiger charge is -2.29. The van der Waals surface area contributed by atoms with Crippen LogP contribution in [0.3, 0.4) is 0 Å². The molecule has 0 bridgehead atoms. The van der Waals surface area contributed by atoms with E-state index in [1.807, 2.05) is 41.1 Å². The molecule has 1 atom stereocenters. The van der Waals surface area contributed by atoms with E-state index in [-0.39, 0.29) is 12.0 Å². The van der Waals surface area contributed by atoms with E-state index in [2.05, 4.69) is 39.8 Å². The Labute approximate surface area is 185 Å². The molecule has 2 N–H and O–H groups in total. The Morgan fingerprint density at radius 3 is 2.41 bits per heavy atom. The molecule has 8 nitrogen and oxygen atoms in total. The number of aromatic amines is 1. The average molecular weight is 432 g/mol. The van der Waals surface area contributed by atoms with E-state index in [0.29, 0.717) is 0 Å². The molecule has 0 amide bonds. The predicted octanol–water partition coefficient (Wildman–Crippen LogP) is 1.72. The van der Waals surface area contributed by atoms with Crippen LogP contribution in [0.5, 0.6) is 0 Å². The van der Waals surface area contributed by atoms with Crippen molar-refractivity contribution in [1.82, 2.24) is 15.5 Å². The first-order valence-corrected chi connectivity index (χ1v) is 10.1. The van der Waals surface area contributed by atoms with Gasteiger partial charge in [0, 0.05) is 17.4 Å². The summed E-state index contributed by atoms with van der Waals surface area (Å²) in [4.78, 5) is 21.2. The number of hydrogen-bond donors (Lipinski definition) is 2. The first-order valence-electron chi connectivity index (χ1n) is 10.1. The zero-order valence-electron chi connectivity index (χ0n) is 17.6. The van der Waals surface area contributed by atoms with Gasteiger partial charge in [-0.2, -0.15) is 4.68 Å².